The van der Waals surface area contributed by atoms with Crippen LogP contribution in [0.15, 0.2) is 18.2 Å². The molecule has 0 N–H and O–H groups in total. The Labute approximate surface area is 111 Å². The van der Waals surface area contributed by atoms with Crippen LogP contribution in [-0.4, -0.2) is 25.2 Å². The van der Waals surface area contributed by atoms with E-state index in [0.717, 1.165) is 6.26 Å². The van der Waals surface area contributed by atoms with Gasteiger partial charge in [-0.15, -0.1) is 0 Å². The van der Waals surface area contributed by atoms with Crippen molar-refractivity contribution in [3.63, 3.8) is 0 Å². The Morgan fingerprint density at radius 1 is 1.18 bits per heavy atom. The van der Waals surface area contributed by atoms with Crippen molar-refractivity contribution in [2.75, 3.05) is 6.26 Å². The molecule has 0 saturated heterocycles. The van der Waals surface area contributed by atoms with Gasteiger partial charge in [-0.2, -0.15) is 0 Å². The number of carbonyl (C=O) groups excluding carboxylic acids is 1. The van der Waals surface area contributed by atoms with Gasteiger partial charge in [-0.25, -0.2) is 8.42 Å². The SMILES string of the molecule is CC(C)(C(=O)c1ccc(Cl)c(Cl)c1)S(C)(=O)=O. The zero-order valence-corrected chi connectivity index (χ0v) is 11.9. The number of Topliss-reactive ketones (excluding diaryl/α,β-unsaturated/α-hetero) is 1. The van der Waals surface area contributed by atoms with Gasteiger partial charge in [0, 0.05) is 11.8 Å². The molecule has 0 aromatic heterocycles. The first-order valence-electron chi connectivity index (χ1n) is 4.77. The van der Waals surface area contributed by atoms with E-state index >= 15 is 0 Å². The number of halogens is 2. The summed E-state index contributed by atoms with van der Waals surface area (Å²) in [5.41, 5.74) is 0.231. The summed E-state index contributed by atoms with van der Waals surface area (Å²) in [5.74, 6) is -0.501. The average Bonchev–Trinajstić information content (AvgIpc) is 2.19. The van der Waals surface area contributed by atoms with Gasteiger partial charge in [0.25, 0.3) is 0 Å². The normalized spacial score (nSPS) is 12.5. The van der Waals surface area contributed by atoms with Crippen molar-refractivity contribution >= 4 is 38.8 Å². The smallest absolute Gasteiger partial charge is 0.183 e. The first-order chi connectivity index (χ1) is 7.57. The lowest BCUT2D eigenvalue weighted by Gasteiger charge is -2.20. The Balaban J connectivity index is 3.27. The molecule has 1 aromatic rings. The molecule has 0 aliphatic carbocycles. The predicted octanol–water partition coefficient (Wildman–Crippen LogP) is 3.00. The van der Waals surface area contributed by atoms with Crippen molar-refractivity contribution in [3.8, 4) is 0 Å². The van der Waals surface area contributed by atoms with Crippen LogP contribution >= 0.6 is 23.2 Å². The standard InChI is InChI=1S/C11H12Cl2O3S/c1-11(2,17(3,15)16)10(14)7-4-5-8(12)9(13)6-7/h4-6H,1-3H3. The van der Waals surface area contributed by atoms with Crippen LogP contribution in [0.3, 0.4) is 0 Å². The van der Waals surface area contributed by atoms with Gasteiger partial charge in [0.2, 0.25) is 0 Å². The number of hydrogen-bond acceptors (Lipinski definition) is 3. The van der Waals surface area contributed by atoms with Crippen molar-refractivity contribution in [2.45, 2.75) is 18.6 Å². The van der Waals surface area contributed by atoms with Gasteiger partial charge >= 0.3 is 0 Å². The number of sulfone groups is 1. The minimum atomic E-state index is -3.50. The Hall–Kier alpha value is -0.580. The number of ketones is 1. The van der Waals surface area contributed by atoms with Gasteiger partial charge < -0.3 is 0 Å². The number of hydrogen-bond donors (Lipinski definition) is 0. The maximum Gasteiger partial charge on any atom is 0.183 e. The average molecular weight is 295 g/mol. The van der Waals surface area contributed by atoms with Gasteiger partial charge in [-0.3, -0.25) is 4.79 Å². The highest BCUT2D eigenvalue weighted by Gasteiger charge is 2.38. The fourth-order valence-corrected chi connectivity index (χ4v) is 1.91. The number of carbonyl (C=O) groups is 1. The molecule has 0 unspecified atom stereocenters. The summed E-state index contributed by atoms with van der Waals surface area (Å²) in [6, 6.07) is 4.30. The van der Waals surface area contributed by atoms with E-state index in [0.29, 0.717) is 5.02 Å². The van der Waals surface area contributed by atoms with Crippen LogP contribution in [0.1, 0.15) is 24.2 Å². The summed E-state index contributed by atoms with van der Waals surface area (Å²) in [6.45, 7) is 2.74. The van der Waals surface area contributed by atoms with Crippen LogP contribution in [0.2, 0.25) is 10.0 Å². The minimum Gasteiger partial charge on any atom is -0.292 e. The van der Waals surface area contributed by atoms with Crippen LogP contribution in [0, 0.1) is 0 Å². The monoisotopic (exact) mass is 294 g/mol. The Morgan fingerprint density at radius 2 is 1.71 bits per heavy atom. The van der Waals surface area contributed by atoms with Crippen molar-refractivity contribution in [2.24, 2.45) is 0 Å². The van der Waals surface area contributed by atoms with E-state index in [4.69, 9.17) is 23.2 Å². The number of benzene rings is 1. The quantitative estimate of drug-likeness (QED) is 0.805. The Morgan fingerprint density at radius 3 is 2.12 bits per heavy atom. The third-order valence-electron chi connectivity index (χ3n) is 2.66. The molecule has 0 atom stereocenters. The van der Waals surface area contributed by atoms with E-state index in [9.17, 15) is 13.2 Å². The minimum absolute atomic E-state index is 0.224. The molecule has 0 aliphatic rings. The summed E-state index contributed by atoms with van der Waals surface area (Å²) >= 11 is 11.5. The maximum atomic E-state index is 12.1. The summed E-state index contributed by atoms with van der Waals surface area (Å²) in [5, 5.41) is 0.544. The second-order valence-corrected chi connectivity index (χ2v) is 7.62. The summed E-state index contributed by atoms with van der Waals surface area (Å²) in [6.07, 6.45) is 1.03. The molecule has 17 heavy (non-hydrogen) atoms. The molecule has 0 radical (unpaired) electrons. The van der Waals surface area contributed by atoms with E-state index in [1.165, 1.54) is 32.0 Å². The van der Waals surface area contributed by atoms with Crippen molar-refractivity contribution in [1.29, 1.82) is 0 Å². The molecule has 6 heteroatoms. The molecular formula is C11H12Cl2O3S. The van der Waals surface area contributed by atoms with E-state index in [2.05, 4.69) is 0 Å². The van der Waals surface area contributed by atoms with Crippen molar-refractivity contribution in [1.82, 2.24) is 0 Å². The van der Waals surface area contributed by atoms with E-state index in [1.54, 1.807) is 0 Å². The molecule has 0 aliphatic heterocycles. The van der Waals surface area contributed by atoms with Crippen molar-refractivity contribution < 1.29 is 13.2 Å². The molecule has 0 fully saturated rings. The van der Waals surface area contributed by atoms with Gasteiger partial charge in [0.15, 0.2) is 15.6 Å². The number of rotatable bonds is 3. The van der Waals surface area contributed by atoms with Gasteiger partial charge in [0.1, 0.15) is 4.75 Å². The molecule has 1 rings (SSSR count). The van der Waals surface area contributed by atoms with E-state index in [-0.39, 0.29) is 10.6 Å². The van der Waals surface area contributed by atoms with Gasteiger partial charge in [0.05, 0.1) is 10.0 Å². The second-order valence-electron chi connectivity index (χ2n) is 4.24. The first-order valence-corrected chi connectivity index (χ1v) is 7.41. The lowest BCUT2D eigenvalue weighted by Crippen LogP contribution is -2.39. The Bertz CT molecular complexity index is 562. The van der Waals surface area contributed by atoms with Crippen LogP contribution in [-0.2, 0) is 9.84 Å². The Kier molecular flexibility index (Phi) is 3.91. The van der Waals surface area contributed by atoms with Crippen LogP contribution in [0.4, 0.5) is 0 Å². The molecule has 0 amide bonds. The largest absolute Gasteiger partial charge is 0.292 e. The fourth-order valence-electron chi connectivity index (χ4n) is 1.15. The highest BCUT2D eigenvalue weighted by Crippen LogP contribution is 2.27. The molecule has 3 nitrogen and oxygen atoms in total. The zero-order chi connectivity index (χ0) is 13.4. The van der Waals surface area contributed by atoms with E-state index in [1.807, 2.05) is 0 Å². The highest BCUT2D eigenvalue weighted by molar-refractivity contribution is 7.92. The highest BCUT2D eigenvalue weighted by atomic mass is 35.5. The van der Waals surface area contributed by atoms with Gasteiger partial charge in [-0.1, -0.05) is 23.2 Å². The maximum absolute atomic E-state index is 12.1. The summed E-state index contributed by atoms with van der Waals surface area (Å²) < 4.78 is 21.6. The fraction of sp³-hybridized carbons (Fsp3) is 0.364. The summed E-state index contributed by atoms with van der Waals surface area (Å²) in [4.78, 5) is 12.1. The van der Waals surface area contributed by atoms with Crippen LogP contribution in [0.5, 0.6) is 0 Å². The van der Waals surface area contributed by atoms with Crippen LogP contribution < -0.4 is 0 Å². The van der Waals surface area contributed by atoms with E-state index < -0.39 is 20.4 Å². The van der Waals surface area contributed by atoms with Crippen LogP contribution in [0.25, 0.3) is 0 Å². The molecule has 1 aromatic carbocycles. The molecule has 0 heterocycles. The topological polar surface area (TPSA) is 51.2 Å². The van der Waals surface area contributed by atoms with Gasteiger partial charge in [-0.05, 0) is 32.0 Å². The molecule has 0 saturated carbocycles. The summed E-state index contributed by atoms with van der Waals surface area (Å²) in [7, 11) is -3.50. The lowest BCUT2D eigenvalue weighted by atomic mass is 10.0. The zero-order valence-electron chi connectivity index (χ0n) is 9.62. The molecule has 94 valence electrons. The predicted molar refractivity (Wildman–Crippen MR) is 69.7 cm³/mol. The third-order valence-corrected chi connectivity index (χ3v) is 5.43. The first kappa shape index (κ1) is 14.5. The lowest BCUT2D eigenvalue weighted by molar-refractivity contribution is 0.0954. The molecule has 0 spiro atoms. The second kappa shape index (κ2) is 4.59. The molecular weight excluding hydrogens is 283 g/mol. The van der Waals surface area contributed by atoms with Crippen molar-refractivity contribution in [3.05, 3.63) is 33.8 Å². The molecule has 0 bridgehead atoms. The third kappa shape index (κ3) is 2.81.